The van der Waals surface area contributed by atoms with Crippen LogP contribution in [0.2, 0.25) is 18.1 Å². The molecule has 2 heteroatoms. The first-order valence-corrected chi connectivity index (χ1v) is 13.9. The Bertz CT molecular complexity index is 288. The highest BCUT2D eigenvalue weighted by atomic mass is 28.4. The summed E-state index contributed by atoms with van der Waals surface area (Å²) in [5, 5.41) is 0. The van der Waals surface area contributed by atoms with Crippen LogP contribution in [0.3, 0.4) is 0 Å². The third-order valence-electron chi connectivity index (χ3n) is 7.59. The largest absolute Gasteiger partial charge is 0.420 e. The molecule has 0 atom stereocenters. The highest BCUT2D eigenvalue weighted by Crippen LogP contribution is 2.43. The van der Waals surface area contributed by atoms with E-state index in [-0.39, 0.29) is 0 Å². The van der Waals surface area contributed by atoms with E-state index in [0.717, 1.165) is 17.8 Å². The van der Waals surface area contributed by atoms with Crippen molar-refractivity contribution in [3.63, 3.8) is 0 Å². The molecule has 140 valence electrons. The lowest BCUT2D eigenvalue weighted by atomic mass is 9.90. The van der Waals surface area contributed by atoms with Gasteiger partial charge >= 0.3 is 0 Å². The zero-order chi connectivity index (χ0) is 16.7. The summed E-state index contributed by atoms with van der Waals surface area (Å²) >= 11 is 0. The Labute approximate surface area is 152 Å². The van der Waals surface area contributed by atoms with Gasteiger partial charge < -0.3 is 4.43 Å². The smallest absolute Gasteiger partial charge is 0.193 e. The number of hydrogen-bond donors (Lipinski definition) is 0. The van der Waals surface area contributed by atoms with Gasteiger partial charge in [0.15, 0.2) is 8.32 Å². The Hall–Kier alpha value is 0.177. The Balaban J connectivity index is 1.65. The van der Waals surface area contributed by atoms with Crippen LogP contribution >= 0.6 is 0 Å². The minimum atomic E-state index is -1.53. The molecule has 0 bridgehead atoms. The fourth-order valence-electron chi connectivity index (χ4n) is 6.25. The SMILES string of the molecule is CO[Si](CC1CCCCC1)(CC1CCCCC1)CC1CCCCC1. The first-order valence-electron chi connectivity index (χ1n) is 11.3. The molecule has 0 unspecified atom stereocenters. The summed E-state index contributed by atoms with van der Waals surface area (Å²) in [7, 11) is 0.580. The molecule has 0 N–H and O–H groups in total. The van der Waals surface area contributed by atoms with Crippen molar-refractivity contribution in [2.45, 2.75) is 114 Å². The van der Waals surface area contributed by atoms with Crippen LogP contribution in [-0.4, -0.2) is 15.4 Å². The molecule has 3 fully saturated rings. The fourth-order valence-corrected chi connectivity index (χ4v) is 11.6. The Morgan fingerprint density at radius 2 is 0.833 bits per heavy atom. The molecule has 3 rings (SSSR count). The van der Waals surface area contributed by atoms with Gasteiger partial charge in [0.05, 0.1) is 0 Å². The summed E-state index contributed by atoms with van der Waals surface area (Å²) < 4.78 is 6.59. The van der Waals surface area contributed by atoms with Crippen molar-refractivity contribution < 1.29 is 4.43 Å². The minimum absolute atomic E-state index is 1.01. The van der Waals surface area contributed by atoms with Crippen LogP contribution in [0.1, 0.15) is 96.3 Å². The predicted molar refractivity (Wildman–Crippen MR) is 107 cm³/mol. The summed E-state index contributed by atoms with van der Waals surface area (Å²) in [6.45, 7) is 0. The summed E-state index contributed by atoms with van der Waals surface area (Å²) in [5.74, 6) is 3.03. The predicted octanol–water partition coefficient (Wildman–Crippen LogP) is 7.32. The average molecular weight is 351 g/mol. The van der Waals surface area contributed by atoms with Crippen molar-refractivity contribution >= 4 is 8.32 Å². The molecular weight excluding hydrogens is 308 g/mol. The van der Waals surface area contributed by atoms with Crippen molar-refractivity contribution in [1.29, 1.82) is 0 Å². The summed E-state index contributed by atoms with van der Waals surface area (Å²) in [6, 6.07) is 4.53. The standard InChI is InChI=1S/C22H42OSi/c1-23-24(17-20-11-5-2-6-12-20,18-21-13-7-3-8-14-21)19-22-15-9-4-10-16-22/h20-22H,2-19H2,1H3. The molecule has 0 heterocycles. The Morgan fingerprint density at radius 3 is 1.08 bits per heavy atom. The Morgan fingerprint density at radius 1 is 0.542 bits per heavy atom. The molecule has 24 heavy (non-hydrogen) atoms. The van der Waals surface area contributed by atoms with Crippen LogP contribution in [0.4, 0.5) is 0 Å². The maximum atomic E-state index is 6.59. The maximum Gasteiger partial charge on any atom is 0.193 e. The van der Waals surface area contributed by atoms with E-state index in [1.54, 1.807) is 0 Å². The normalized spacial score (nSPS) is 25.9. The Kier molecular flexibility index (Phi) is 7.71. The van der Waals surface area contributed by atoms with Gasteiger partial charge in [0.2, 0.25) is 0 Å². The third kappa shape index (κ3) is 5.59. The van der Waals surface area contributed by atoms with Crippen molar-refractivity contribution in [3.05, 3.63) is 0 Å². The second-order valence-corrected chi connectivity index (χ2v) is 13.5. The maximum absolute atomic E-state index is 6.59. The fraction of sp³-hybridized carbons (Fsp3) is 1.00. The number of rotatable bonds is 7. The molecule has 3 saturated carbocycles. The second-order valence-electron chi connectivity index (χ2n) is 9.51. The van der Waals surface area contributed by atoms with E-state index >= 15 is 0 Å². The summed E-state index contributed by atoms with van der Waals surface area (Å²) in [4.78, 5) is 0. The van der Waals surface area contributed by atoms with E-state index in [0.29, 0.717) is 0 Å². The molecule has 0 amide bonds. The van der Waals surface area contributed by atoms with Gasteiger partial charge in [-0.15, -0.1) is 0 Å². The molecule has 0 spiro atoms. The second kappa shape index (κ2) is 9.76. The molecule has 0 aliphatic heterocycles. The lowest BCUT2D eigenvalue weighted by Crippen LogP contribution is -2.43. The molecule has 0 saturated heterocycles. The van der Waals surface area contributed by atoms with Gasteiger partial charge in [-0.05, 0) is 35.9 Å². The minimum Gasteiger partial charge on any atom is -0.420 e. The van der Waals surface area contributed by atoms with Gasteiger partial charge in [0.25, 0.3) is 0 Å². The molecule has 1 nitrogen and oxygen atoms in total. The van der Waals surface area contributed by atoms with Gasteiger partial charge in [-0.2, -0.15) is 0 Å². The topological polar surface area (TPSA) is 9.23 Å². The van der Waals surface area contributed by atoms with E-state index in [1.165, 1.54) is 114 Å². The highest BCUT2D eigenvalue weighted by Gasteiger charge is 2.41. The van der Waals surface area contributed by atoms with E-state index < -0.39 is 8.32 Å². The van der Waals surface area contributed by atoms with Gasteiger partial charge in [0.1, 0.15) is 0 Å². The van der Waals surface area contributed by atoms with Crippen molar-refractivity contribution in [3.8, 4) is 0 Å². The molecule has 0 radical (unpaired) electrons. The van der Waals surface area contributed by atoms with Crippen LogP contribution in [0.25, 0.3) is 0 Å². The van der Waals surface area contributed by atoms with E-state index in [4.69, 9.17) is 4.43 Å². The van der Waals surface area contributed by atoms with E-state index in [2.05, 4.69) is 7.11 Å². The zero-order valence-corrected chi connectivity index (χ0v) is 17.4. The lowest BCUT2D eigenvalue weighted by molar-refractivity contribution is 0.297. The van der Waals surface area contributed by atoms with Crippen LogP contribution < -0.4 is 0 Å². The van der Waals surface area contributed by atoms with Gasteiger partial charge in [-0.1, -0.05) is 96.3 Å². The van der Waals surface area contributed by atoms with Crippen molar-refractivity contribution in [2.75, 3.05) is 7.11 Å². The summed E-state index contributed by atoms with van der Waals surface area (Å²) in [5.41, 5.74) is 0. The molecular formula is C22H42OSi. The highest BCUT2D eigenvalue weighted by molar-refractivity contribution is 6.74. The molecule has 0 aromatic carbocycles. The average Bonchev–Trinajstić information content (AvgIpc) is 2.64. The van der Waals surface area contributed by atoms with Crippen LogP contribution in [0, 0.1) is 17.8 Å². The first-order chi connectivity index (χ1) is 11.8. The molecule has 3 aliphatic carbocycles. The molecule has 0 aromatic rings. The zero-order valence-electron chi connectivity index (χ0n) is 16.4. The molecule has 0 aromatic heterocycles. The molecule has 3 aliphatic rings. The van der Waals surface area contributed by atoms with E-state index in [1.807, 2.05) is 0 Å². The van der Waals surface area contributed by atoms with Gasteiger partial charge in [-0.3, -0.25) is 0 Å². The summed E-state index contributed by atoms with van der Waals surface area (Å²) in [6.07, 6.45) is 22.5. The lowest BCUT2D eigenvalue weighted by Gasteiger charge is -2.40. The van der Waals surface area contributed by atoms with Crippen molar-refractivity contribution in [2.24, 2.45) is 17.8 Å². The first kappa shape index (κ1) is 19.0. The van der Waals surface area contributed by atoms with Gasteiger partial charge in [-0.25, -0.2) is 0 Å². The monoisotopic (exact) mass is 350 g/mol. The van der Waals surface area contributed by atoms with Crippen LogP contribution in [0.5, 0.6) is 0 Å². The van der Waals surface area contributed by atoms with Crippen molar-refractivity contribution in [1.82, 2.24) is 0 Å². The van der Waals surface area contributed by atoms with Crippen LogP contribution in [0.15, 0.2) is 0 Å². The quantitative estimate of drug-likeness (QED) is 0.437. The van der Waals surface area contributed by atoms with Gasteiger partial charge in [0, 0.05) is 7.11 Å². The van der Waals surface area contributed by atoms with E-state index in [9.17, 15) is 0 Å². The van der Waals surface area contributed by atoms with Crippen LogP contribution in [-0.2, 0) is 4.43 Å². The third-order valence-corrected chi connectivity index (χ3v) is 12.4. The number of hydrogen-bond acceptors (Lipinski definition) is 1.